The minimum absolute atomic E-state index is 0.0393. The zero-order chi connectivity index (χ0) is 22.0. The van der Waals surface area contributed by atoms with Crippen LogP contribution in [0.4, 0.5) is 4.53 Å². The number of carbonyl (C=O) groups excluding carboxylic acids is 2. The average molecular weight is 437 g/mol. The molecular weight excluding hydrogens is 406 g/mol. The van der Waals surface area contributed by atoms with Crippen molar-refractivity contribution in [2.45, 2.75) is 38.6 Å². The molecule has 0 saturated heterocycles. The van der Waals surface area contributed by atoms with Crippen LogP contribution in [0.1, 0.15) is 53.5 Å². The number of ketones is 2. The van der Waals surface area contributed by atoms with E-state index in [1.54, 1.807) is 17.8 Å². The van der Waals surface area contributed by atoms with E-state index in [2.05, 4.69) is 27.3 Å². The van der Waals surface area contributed by atoms with Crippen molar-refractivity contribution >= 4 is 32.6 Å². The van der Waals surface area contributed by atoms with Crippen LogP contribution in [0.3, 0.4) is 0 Å². The first-order chi connectivity index (χ1) is 14.0. The van der Waals surface area contributed by atoms with Crippen LogP contribution in [-0.4, -0.2) is 29.6 Å². The van der Waals surface area contributed by atoms with Crippen molar-refractivity contribution in [3.63, 3.8) is 0 Å². The lowest BCUT2D eigenvalue weighted by molar-refractivity contribution is -0.129. The molecule has 0 saturated carbocycles. The Labute approximate surface area is 180 Å². The van der Waals surface area contributed by atoms with Crippen LogP contribution >= 0.6 is 21.0 Å². The van der Waals surface area contributed by atoms with Crippen LogP contribution in [0.5, 0.6) is 0 Å². The van der Waals surface area contributed by atoms with Gasteiger partial charge in [0.05, 0.1) is 6.61 Å². The quantitative estimate of drug-likeness (QED) is 0.395. The lowest BCUT2D eigenvalue weighted by Gasteiger charge is -2.24. The normalized spacial score (nSPS) is 18.0. The Bertz CT molecular complexity index is 788. The maximum absolute atomic E-state index is 12.8. The molecule has 3 atom stereocenters. The van der Waals surface area contributed by atoms with E-state index in [1.165, 1.54) is 0 Å². The fourth-order valence-electron chi connectivity index (χ4n) is 3.08. The fraction of sp³-hybridized carbons (Fsp3) is 0.391. The summed E-state index contributed by atoms with van der Waals surface area (Å²) in [6, 6.07) is 5.47. The summed E-state index contributed by atoms with van der Waals surface area (Å²) in [6.45, 7) is 12.1. The molecule has 1 aromatic carbocycles. The number of allylic oxidation sites excluding steroid dienone is 4. The third kappa shape index (κ3) is 6.47. The second kappa shape index (κ2) is 12.9. The molecule has 0 radical (unpaired) electrons. The van der Waals surface area contributed by atoms with Gasteiger partial charge in [0.25, 0.3) is 0 Å². The number of benzene rings is 1. The molecule has 0 N–H and O–H groups in total. The molecule has 2 aliphatic rings. The van der Waals surface area contributed by atoms with Gasteiger partial charge in [0.15, 0.2) is 11.6 Å². The number of hydrogen-bond acceptors (Lipinski definition) is 4. The van der Waals surface area contributed by atoms with Gasteiger partial charge >= 0.3 is 0 Å². The van der Waals surface area contributed by atoms with Crippen LogP contribution in [0.25, 0.3) is 0 Å². The predicted octanol–water partition coefficient (Wildman–Crippen LogP) is 6.16. The molecule has 0 heterocycles. The first kappa shape index (κ1) is 25.5. The van der Waals surface area contributed by atoms with Crippen molar-refractivity contribution in [3.8, 4) is 0 Å². The van der Waals surface area contributed by atoms with Gasteiger partial charge in [0.2, 0.25) is 0 Å². The number of hydrogen-bond donors (Lipinski definition) is 0. The Balaban J connectivity index is 0.000000989. The summed E-state index contributed by atoms with van der Waals surface area (Å²) in [5.74, 6) is 1.58. The van der Waals surface area contributed by atoms with Gasteiger partial charge in [0.1, 0.15) is 0 Å². The van der Waals surface area contributed by atoms with E-state index in [9.17, 15) is 14.1 Å². The molecule has 3 rings (SSSR count). The SMILES string of the molecule is C=C.CC.CC1C=C2C(=O)c3cc(CSCC(P)COF)ccc3C(=O)C2=CC1. The van der Waals surface area contributed by atoms with Gasteiger partial charge in [-0.05, 0) is 34.6 Å². The zero-order valence-corrected chi connectivity index (χ0v) is 19.3. The van der Waals surface area contributed by atoms with Gasteiger partial charge in [-0.25, -0.2) is 0 Å². The Kier molecular flexibility index (Phi) is 11.3. The second-order valence-electron chi connectivity index (χ2n) is 6.50. The third-order valence-corrected chi connectivity index (χ3v) is 6.35. The van der Waals surface area contributed by atoms with Gasteiger partial charge in [-0.3, -0.25) is 9.59 Å². The molecule has 1 aromatic rings. The van der Waals surface area contributed by atoms with Crippen molar-refractivity contribution in [2.75, 3.05) is 12.4 Å². The van der Waals surface area contributed by atoms with Gasteiger partial charge in [-0.1, -0.05) is 39.0 Å². The Morgan fingerprint density at radius 2 is 1.86 bits per heavy atom. The summed E-state index contributed by atoms with van der Waals surface area (Å²) in [4.78, 5) is 29.1. The van der Waals surface area contributed by atoms with Crippen molar-refractivity contribution in [2.24, 2.45) is 5.92 Å². The lowest BCUT2D eigenvalue weighted by atomic mass is 9.77. The van der Waals surface area contributed by atoms with E-state index in [-0.39, 0.29) is 29.8 Å². The Morgan fingerprint density at radius 1 is 1.21 bits per heavy atom. The molecule has 2 aliphatic carbocycles. The summed E-state index contributed by atoms with van der Waals surface area (Å²) in [7, 11) is 2.55. The lowest BCUT2D eigenvalue weighted by Crippen LogP contribution is -2.25. The number of halogens is 1. The predicted molar refractivity (Wildman–Crippen MR) is 124 cm³/mol. The Hall–Kier alpha value is -1.55. The number of fused-ring (bicyclic) bond motifs is 2. The largest absolute Gasteiger partial charge is 0.289 e. The first-order valence-corrected chi connectivity index (χ1v) is 11.5. The van der Waals surface area contributed by atoms with E-state index in [1.807, 2.05) is 45.1 Å². The van der Waals surface area contributed by atoms with Crippen LogP contribution in [0, 0.1) is 5.92 Å². The van der Waals surface area contributed by atoms with Crippen molar-refractivity contribution in [1.29, 1.82) is 0 Å². The summed E-state index contributed by atoms with van der Waals surface area (Å²) in [5.41, 5.74) is 3.11. The maximum atomic E-state index is 12.8. The third-order valence-electron chi connectivity index (χ3n) is 4.38. The average Bonchev–Trinajstić information content (AvgIpc) is 2.75. The summed E-state index contributed by atoms with van der Waals surface area (Å²) in [5, 5.41) is 0. The summed E-state index contributed by atoms with van der Waals surface area (Å²) in [6.07, 6.45) is 4.59. The molecular formula is C23H30FO3PS. The summed E-state index contributed by atoms with van der Waals surface area (Å²) >= 11 is 1.64. The molecule has 0 aromatic heterocycles. The number of Topliss-reactive ketones (excluding diaryl/α,β-unsaturated/α-hetero) is 2. The maximum Gasteiger partial charge on any atom is 0.194 e. The standard InChI is InChI=1S/C19H20FO3PS.C2H6.C2H4/c1-11-2-4-14-16(6-11)19(22)17-7-12(3-5-15(17)18(14)21)9-25-10-13(24)8-23-20;2*1-2/h3-7,11,13H,2,8-10,24H2,1H3;1-2H3;1-2H2. The molecule has 0 amide bonds. The minimum atomic E-state index is -0.0611. The van der Waals surface area contributed by atoms with Crippen LogP contribution in [0.15, 0.2) is 54.7 Å². The molecule has 29 heavy (non-hydrogen) atoms. The molecule has 3 nitrogen and oxygen atoms in total. The van der Waals surface area contributed by atoms with Gasteiger partial charge < -0.3 is 0 Å². The second-order valence-corrected chi connectivity index (χ2v) is 8.47. The van der Waals surface area contributed by atoms with Crippen molar-refractivity contribution in [1.82, 2.24) is 0 Å². The molecule has 0 fully saturated rings. The molecule has 0 spiro atoms. The highest BCUT2D eigenvalue weighted by atomic mass is 32.2. The molecule has 158 valence electrons. The zero-order valence-electron chi connectivity index (χ0n) is 17.4. The number of carbonyl (C=O) groups is 2. The van der Waals surface area contributed by atoms with Crippen LogP contribution < -0.4 is 0 Å². The van der Waals surface area contributed by atoms with E-state index < -0.39 is 0 Å². The first-order valence-electron chi connectivity index (χ1n) is 9.72. The molecule has 0 bridgehead atoms. The Morgan fingerprint density at radius 3 is 2.52 bits per heavy atom. The highest BCUT2D eigenvalue weighted by molar-refractivity contribution is 7.98. The minimum Gasteiger partial charge on any atom is -0.289 e. The topological polar surface area (TPSA) is 43.4 Å². The van der Waals surface area contributed by atoms with Crippen molar-refractivity contribution < 1.29 is 19.1 Å². The highest BCUT2D eigenvalue weighted by Crippen LogP contribution is 2.35. The van der Waals surface area contributed by atoms with Gasteiger partial charge in [0, 0.05) is 39.4 Å². The smallest absolute Gasteiger partial charge is 0.194 e. The van der Waals surface area contributed by atoms with Crippen LogP contribution in [0.2, 0.25) is 0 Å². The fourth-order valence-corrected chi connectivity index (χ4v) is 4.50. The monoisotopic (exact) mass is 436 g/mol. The molecule has 3 unspecified atom stereocenters. The van der Waals surface area contributed by atoms with E-state index in [0.29, 0.717) is 28.0 Å². The molecule has 0 aliphatic heterocycles. The van der Waals surface area contributed by atoms with E-state index in [0.717, 1.165) is 17.7 Å². The van der Waals surface area contributed by atoms with Gasteiger partial charge in [-0.2, -0.15) is 16.7 Å². The number of thioether (sulfide) groups is 1. The number of rotatable bonds is 6. The van der Waals surface area contributed by atoms with E-state index in [4.69, 9.17) is 0 Å². The summed E-state index contributed by atoms with van der Waals surface area (Å²) < 4.78 is 11.8. The van der Waals surface area contributed by atoms with Gasteiger partial charge in [-0.15, -0.1) is 22.4 Å². The molecule has 6 heteroatoms. The highest BCUT2D eigenvalue weighted by Gasteiger charge is 2.34. The van der Waals surface area contributed by atoms with E-state index >= 15 is 0 Å². The van der Waals surface area contributed by atoms with Crippen molar-refractivity contribution in [3.05, 3.63) is 71.3 Å². The van der Waals surface area contributed by atoms with Crippen LogP contribution in [-0.2, 0) is 10.7 Å².